The molecule has 2 aliphatic heterocycles. The minimum Gasteiger partial charge on any atom is -0.396 e. The van der Waals surface area contributed by atoms with Crippen molar-refractivity contribution in [3.63, 3.8) is 0 Å². The van der Waals surface area contributed by atoms with Gasteiger partial charge >= 0.3 is 0 Å². The molecule has 3 rings (SSSR count). The molecule has 0 aromatic rings. The molecule has 1 atom stereocenters. The number of hydrogen-bond acceptors (Lipinski definition) is 5. The van der Waals surface area contributed by atoms with Crippen molar-refractivity contribution in [3.8, 4) is 0 Å². The van der Waals surface area contributed by atoms with Crippen molar-refractivity contribution in [2.75, 3.05) is 72.8 Å². The standard InChI is InChI=1S/C21H40N4O3/c1-22-19(24-16-21(7-11-26)8-12-28-18-21)23-15-20(5-3-2-4-6-20)17-25-9-13-27-14-10-25/h26H,2-18H2,1H3,(H2,22,23,24). The predicted octanol–water partition coefficient (Wildman–Crippen LogP) is 1.22. The first-order chi connectivity index (χ1) is 13.7. The highest BCUT2D eigenvalue weighted by atomic mass is 16.5. The Morgan fingerprint density at radius 2 is 1.68 bits per heavy atom. The molecule has 7 heteroatoms. The Kier molecular flexibility index (Phi) is 8.38. The molecule has 162 valence electrons. The van der Waals surface area contributed by atoms with Crippen molar-refractivity contribution in [2.45, 2.75) is 44.9 Å². The fourth-order valence-corrected chi connectivity index (χ4v) is 5.00. The molecule has 0 bridgehead atoms. The fourth-order valence-electron chi connectivity index (χ4n) is 5.00. The van der Waals surface area contributed by atoms with E-state index in [1.165, 1.54) is 32.1 Å². The molecule has 1 saturated carbocycles. The van der Waals surface area contributed by atoms with E-state index in [0.29, 0.717) is 5.41 Å². The van der Waals surface area contributed by atoms with Crippen LogP contribution in [-0.2, 0) is 9.47 Å². The number of rotatable bonds is 8. The quantitative estimate of drug-likeness (QED) is 0.423. The van der Waals surface area contributed by atoms with Crippen LogP contribution in [0.4, 0.5) is 0 Å². The van der Waals surface area contributed by atoms with Crippen LogP contribution in [0.3, 0.4) is 0 Å². The van der Waals surface area contributed by atoms with Crippen molar-refractivity contribution >= 4 is 5.96 Å². The zero-order chi connectivity index (χ0) is 19.7. The molecule has 0 spiro atoms. The number of hydrogen-bond donors (Lipinski definition) is 3. The van der Waals surface area contributed by atoms with Crippen LogP contribution in [0.2, 0.25) is 0 Å². The summed E-state index contributed by atoms with van der Waals surface area (Å²) in [7, 11) is 1.84. The summed E-state index contributed by atoms with van der Waals surface area (Å²) in [6.07, 6.45) is 8.37. The number of guanidine groups is 1. The molecule has 1 unspecified atom stereocenters. The number of nitrogens with one attached hydrogen (secondary N) is 2. The second-order valence-corrected chi connectivity index (χ2v) is 9.00. The molecule has 3 aliphatic rings. The smallest absolute Gasteiger partial charge is 0.191 e. The minimum absolute atomic E-state index is 0.0305. The van der Waals surface area contributed by atoms with Gasteiger partial charge in [0, 0.05) is 63.8 Å². The largest absolute Gasteiger partial charge is 0.396 e. The summed E-state index contributed by atoms with van der Waals surface area (Å²) >= 11 is 0. The molecule has 0 aromatic heterocycles. The summed E-state index contributed by atoms with van der Waals surface area (Å²) in [4.78, 5) is 7.04. The highest BCUT2D eigenvalue weighted by Gasteiger charge is 2.36. The number of ether oxygens (including phenoxy) is 2. The van der Waals surface area contributed by atoms with Crippen LogP contribution in [0, 0.1) is 10.8 Å². The summed E-state index contributed by atoms with van der Waals surface area (Å²) in [5.74, 6) is 0.871. The van der Waals surface area contributed by atoms with Gasteiger partial charge in [0.1, 0.15) is 0 Å². The molecule has 7 nitrogen and oxygen atoms in total. The van der Waals surface area contributed by atoms with Gasteiger partial charge < -0.3 is 25.2 Å². The summed E-state index contributed by atoms with van der Waals surface area (Å²) in [5, 5.41) is 16.6. The van der Waals surface area contributed by atoms with Gasteiger partial charge in [-0.25, -0.2) is 0 Å². The molecule has 3 fully saturated rings. The lowest BCUT2D eigenvalue weighted by Crippen LogP contribution is -2.52. The number of aliphatic hydroxyl groups excluding tert-OH is 1. The molecule has 0 radical (unpaired) electrons. The van der Waals surface area contributed by atoms with Gasteiger partial charge in [-0.2, -0.15) is 0 Å². The van der Waals surface area contributed by atoms with E-state index >= 15 is 0 Å². The molecule has 28 heavy (non-hydrogen) atoms. The predicted molar refractivity (Wildman–Crippen MR) is 112 cm³/mol. The minimum atomic E-state index is 0.0305. The van der Waals surface area contributed by atoms with E-state index in [-0.39, 0.29) is 12.0 Å². The Morgan fingerprint density at radius 1 is 0.964 bits per heavy atom. The topological polar surface area (TPSA) is 78.4 Å². The number of morpholine rings is 1. The average Bonchev–Trinajstić information content (AvgIpc) is 3.19. The number of aliphatic hydroxyl groups is 1. The third-order valence-corrected chi connectivity index (χ3v) is 6.89. The van der Waals surface area contributed by atoms with Gasteiger partial charge in [0.15, 0.2) is 5.96 Å². The van der Waals surface area contributed by atoms with Crippen LogP contribution < -0.4 is 10.6 Å². The zero-order valence-corrected chi connectivity index (χ0v) is 17.7. The van der Waals surface area contributed by atoms with Crippen LogP contribution in [0.1, 0.15) is 44.9 Å². The van der Waals surface area contributed by atoms with E-state index in [1.54, 1.807) is 0 Å². The first-order valence-corrected chi connectivity index (χ1v) is 11.1. The summed E-state index contributed by atoms with van der Waals surface area (Å²) in [5.41, 5.74) is 0.356. The molecule has 0 aromatic carbocycles. The molecule has 2 heterocycles. The van der Waals surface area contributed by atoms with Crippen molar-refractivity contribution in [1.29, 1.82) is 0 Å². The van der Waals surface area contributed by atoms with Gasteiger partial charge in [-0.15, -0.1) is 0 Å². The average molecular weight is 397 g/mol. The first kappa shape index (κ1) is 21.8. The SMILES string of the molecule is CN=C(NCC1(CCO)CCOC1)NCC1(CN2CCOCC2)CCCCC1. The highest BCUT2D eigenvalue weighted by molar-refractivity contribution is 5.79. The maximum atomic E-state index is 9.43. The van der Waals surface area contributed by atoms with E-state index < -0.39 is 0 Å². The van der Waals surface area contributed by atoms with E-state index in [9.17, 15) is 5.11 Å². The fraction of sp³-hybridized carbons (Fsp3) is 0.952. The van der Waals surface area contributed by atoms with E-state index in [4.69, 9.17) is 9.47 Å². The maximum Gasteiger partial charge on any atom is 0.191 e. The maximum absolute atomic E-state index is 9.43. The van der Waals surface area contributed by atoms with E-state index in [2.05, 4.69) is 20.5 Å². The highest BCUT2D eigenvalue weighted by Crippen LogP contribution is 2.37. The van der Waals surface area contributed by atoms with Crippen LogP contribution in [-0.4, -0.2) is 88.8 Å². The molecule has 1 aliphatic carbocycles. The van der Waals surface area contributed by atoms with E-state index in [1.807, 2.05) is 7.05 Å². The molecule has 2 saturated heterocycles. The van der Waals surface area contributed by atoms with Crippen molar-refractivity contribution in [2.24, 2.45) is 15.8 Å². The lowest BCUT2D eigenvalue weighted by Gasteiger charge is -2.42. The number of aliphatic imine (C=N–C) groups is 1. The van der Waals surface area contributed by atoms with Crippen molar-refractivity contribution < 1.29 is 14.6 Å². The zero-order valence-electron chi connectivity index (χ0n) is 17.7. The molecule has 3 N–H and O–H groups in total. The van der Waals surface area contributed by atoms with Gasteiger partial charge in [0.05, 0.1) is 19.8 Å². The molecular formula is C21H40N4O3. The number of nitrogens with zero attached hydrogens (tertiary/aromatic N) is 2. The lowest BCUT2D eigenvalue weighted by atomic mass is 9.73. The third-order valence-electron chi connectivity index (χ3n) is 6.89. The second kappa shape index (κ2) is 10.8. The van der Waals surface area contributed by atoms with Crippen LogP contribution in [0.5, 0.6) is 0 Å². The van der Waals surface area contributed by atoms with Crippen LogP contribution >= 0.6 is 0 Å². The van der Waals surface area contributed by atoms with E-state index in [0.717, 1.165) is 78.0 Å². The van der Waals surface area contributed by atoms with Crippen LogP contribution in [0.15, 0.2) is 4.99 Å². The van der Waals surface area contributed by atoms with Crippen molar-refractivity contribution in [3.05, 3.63) is 0 Å². The normalized spacial score (nSPS) is 29.0. The Morgan fingerprint density at radius 3 is 2.29 bits per heavy atom. The van der Waals surface area contributed by atoms with Gasteiger partial charge in [0.25, 0.3) is 0 Å². The molecule has 0 amide bonds. The third kappa shape index (κ3) is 6.05. The monoisotopic (exact) mass is 396 g/mol. The molecular weight excluding hydrogens is 356 g/mol. The van der Waals surface area contributed by atoms with Crippen molar-refractivity contribution in [1.82, 2.24) is 15.5 Å². The summed E-state index contributed by atoms with van der Waals surface area (Å²) < 4.78 is 11.1. The Hall–Kier alpha value is -0.890. The van der Waals surface area contributed by atoms with Gasteiger partial charge in [-0.1, -0.05) is 19.3 Å². The first-order valence-electron chi connectivity index (χ1n) is 11.1. The summed E-state index contributed by atoms with van der Waals surface area (Å²) in [6, 6.07) is 0. The van der Waals surface area contributed by atoms with Crippen LogP contribution in [0.25, 0.3) is 0 Å². The summed E-state index contributed by atoms with van der Waals surface area (Å²) in [6.45, 7) is 8.47. The Bertz CT molecular complexity index is 482. The van der Waals surface area contributed by atoms with Gasteiger partial charge in [0.2, 0.25) is 0 Å². The second-order valence-electron chi connectivity index (χ2n) is 9.00. The Balaban J connectivity index is 1.53. The van der Waals surface area contributed by atoms with Gasteiger partial charge in [-0.3, -0.25) is 9.89 Å². The Labute approximate surface area is 170 Å². The van der Waals surface area contributed by atoms with Gasteiger partial charge in [-0.05, 0) is 25.7 Å². The lowest BCUT2D eigenvalue weighted by molar-refractivity contribution is 0.00819.